The van der Waals surface area contributed by atoms with Gasteiger partial charge in [0.1, 0.15) is 0 Å². The molecule has 0 amide bonds. The van der Waals surface area contributed by atoms with E-state index in [1.807, 2.05) is 0 Å². The number of aryl methyl sites for hydroxylation is 1. The zero-order valence-electron chi connectivity index (χ0n) is 9.72. The highest BCUT2D eigenvalue weighted by atomic mass is 32.1. The molecule has 1 aliphatic carbocycles. The molecule has 88 valence electrons. The summed E-state index contributed by atoms with van der Waals surface area (Å²) in [5.41, 5.74) is 7.51. The number of nitrogens with two attached hydrogens (primary N) is 1. The summed E-state index contributed by atoms with van der Waals surface area (Å²) in [7, 11) is 0. The van der Waals surface area contributed by atoms with E-state index in [9.17, 15) is 0 Å². The van der Waals surface area contributed by atoms with Gasteiger partial charge in [-0.3, -0.25) is 4.90 Å². The normalized spacial score (nSPS) is 31.9. The van der Waals surface area contributed by atoms with Crippen molar-refractivity contribution in [3.63, 3.8) is 0 Å². The van der Waals surface area contributed by atoms with Crippen LogP contribution in [0, 0.1) is 6.92 Å². The lowest BCUT2D eigenvalue weighted by atomic mass is 9.94. The van der Waals surface area contributed by atoms with Crippen LogP contribution in [0.1, 0.15) is 42.4 Å². The third-order valence-electron chi connectivity index (χ3n) is 3.67. The highest BCUT2D eigenvalue weighted by molar-refractivity contribution is 7.09. The number of rotatable bonds is 2. The summed E-state index contributed by atoms with van der Waals surface area (Å²) >= 11 is 1.74. The second-order valence-electron chi connectivity index (χ2n) is 5.01. The lowest BCUT2D eigenvalue weighted by Crippen LogP contribution is -2.47. The third kappa shape index (κ3) is 1.90. The van der Waals surface area contributed by atoms with Gasteiger partial charge in [-0.25, -0.2) is 4.98 Å². The number of likely N-dealkylation sites (tertiary alicyclic amines) is 1. The van der Waals surface area contributed by atoms with Crippen LogP contribution in [0.25, 0.3) is 0 Å². The van der Waals surface area contributed by atoms with Crippen molar-refractivity contribution in [3.8, 4) is 0 Å². The van der Waals surface area contributed by atoms with Crippen molar-refractivity contribution in [3.05, 3.63) is 16.1 Å². The van der Waals surface area contributed by atoms with Gasteiger partial charge in [0.2, 0.25) is 0 Å². The fraction of sp³-hybridized carbons (Fsp3) is 0.750. The van der Waals surface area contributed by atoms with Crippen molar-refractivity contribution in [2.24, 2.45) is 5.73 Å². The molecule has 3 nitrogen and oxygen atoms in total. The number of nitrogens with zero attached hydrogens (tertiary/aromatic N) is 2. The van der Waals surface area contributed by atoms with Gasteiger partial charge in [-0.2, -0.15) is 0 Å². The van der Waals surface area contributed by atoms with Gasteiger partial charge in [0.05, 0.1) is 16.7 Å². The molecular weight excluding hydrogens is 218 g/mol. The topological polar surface area (TPSA) is 42.1 Å². The Morgan fingerprint density at radius 2 is 2.25 bits per heavy atom. The molecule has 2 N–H and O–H groups in total. The number of piperidine rings is 1. The van der Waals surface area contributed by atoms with Crippen molar-refractivity contribution >= 4 is 11.3 Å². The van der Waals surface area contributed by atoms with Gasteiger partial charge in [0.15, 0.2) is 0 Å². The Morgan fingerprint density at radius 1 is 1.44 bits per heavy atom. The summed E-state index contributed by atoms with van der Waals surface area (Å²) in [4.78, 5) is 7.24. The summed E-state index contributed by atoms with van der Waals surface area (Å²) in [6.07, 6.45) is 5.10. The summed E-state index contributed by atoms with van der Waals surface area (Å²) < 4.78 is 0. The van der Waals surface area contributed by atoms with Crippen molar-refractivity contribution in [1.29, 1.82) is 0 Å². The molecule has 2 heterocycles. The maximum Gasteiger partial charge on any atom is 0.0898 e. The van der Waals surface area contributed by atoms with Gasteiger partial charge >= 0.3 is 0 Å². The van der Waals surface area contributed by atoms with Crippen LogP contribution in [0.3, 0.4) is 0 Å². The first-order valence-corrected chi connectivity index (χ1v) is 7.07. The first-order chi connectivity index (χ1) is 7.75. The van der Waals surface area contributed by atoms with Crippen molar-refractivity contribution < 1.29 is 0 Å². The van der Waals surface area contributed by atoms with Crippen LogP contribution < -0.4 is 5.73 Å². The van der Waals surface area contributed by atoms with Crippen LogP contribution in [0.2, 0.25) is 0 Å². The SMILES string of the molecule is Cc1nc(C2C(N)CCCN2C2CC2)cs1. The van der Waals surface area contributed by atoms with E-state index in [1.54, 1.807) is 11.3 Å². The quantitative estimate of drug-likeness (QED) is 0.856. The predicted octanol–water partition coefficient (Wildman–Crippen LogP) is 2.08. The molecule has 2 fully saturated rings. The molecule has 1 aromatic rings. The Balaban J connectivity index is 1.87. The smallest absolute Gasteiger partial charge is 0.0898 e. The molecule has 4 heteroatoms. The van der Waals surface area contributed by atoms with Crippen LogP contribution in [0.15, 0.2) is 5.38 Å². The standard InChI is InChI=1S/C12H19N3S/c1-8-14-11(7-16-8)12-10(13)3-2-6-15(12)9-4-5-9/h7,9-10,12H,2-6,13H2,1H3. The molecule has 3 rings (SSSR count). The largest absolute Gasteiger partial charge is 0.326 e. The molecule has 1 aromatic heterocycles. The Bertz CT molecular complexity index is 372. The molecule has 0 bridgehead atoms. The highest BCUT2D eigenvalue weighted by Crippen LogP contribution is 2.39. The zero-order chi connectivity index (χ0) is 11.1. The van der Waals surface area contributed by atoms with E-state index in [-0.39, 0.29) is 6.04 Å². The average Bonchev–Trinajstić information content (AvgIpc) is 3.02. The monoisotopic (exact) mass is 237 g/mol. The zero-order valence-corrected chi connectivity index (χ0v) is 10.5. The second-order valence-corrected chi connectivity index (χ2v) is 6.07. The molecule has 1 aliphatic heterocycles. The van der Waals surface area contributed by atoms with Crippen molar-refractivity contribution in [2.45, 2.75) is 50.7 Å². The summed E-state index contributed by atoms with van der Waals surface area (Å²) in [6.45, 7) is 3.28. The first-order valence-electron chi connectivity index (χ1n) is 6.19. The maximum absolute atomic E-state index is 6.30. The van der Waals surface area contributed by atoms with Gasteiger partial charge < -0.3 is 5.73 Å². The van der Waals surface area contributed by atoms with Crippen LogP contribution in [0.5, 0.6) is 0 Å². The van der Waals surface area contributed by atoms with Gasteiger partial charge in [0, 0.05) is 17.5 Å². The van der Waals surface area contributed by atoms with E-state index >= 15 is 0 Å². The minimum absolute atomic E-state index is 0.274. The number of aromatic nitrogens is 1. The number of hydrogen-bond donors (Lipinski definition) is 1. The Morgan fingerprint density at radius 3 is 2.88 bits per heavy atom. The summed E-state index contributed by atoms with van der Waals surface area (Å²) in [5, 5.41) is 3.35. The van der Waals surface area contributed by atoms with Crippen LogP contribution >= 0.6 is 11.3 Å². The lowest BCUT2D eigenvalue weighted by Gasteiger charge is -2.39. The highest BCUT2D eigenvalue weighted by Gasteiger charge is 2.40. The Hall–Kier alpha value is -0.450. The Labute approximate surface area is 101 Å². The summed E-state index contributed by atoms with van der Waals surface area (Å²) in [6, 6.07) is 1.44. The first kappa shape index (κ1) is 10.7. The van der Waals surface area contributed by atoms with Gasteiger partial charge in [0.25, 0.3) is 0 Å². The number of hydrogen-bond acceptors (Lipinski definition) is 4. The predicted molar refractivity (Wildman–Crippen MR) is 66.5 cm³/mol. The summed E-state index contributed by atoms with van der Waals surface area (Å²) in [5.74, 6) is 0. The molecule has 1 saturated carbocycles. The second kappa shape index (κ2) is 4.09. The number of thiazole rings is 1. The molecule has 0 aromatic carbocycles. The molecule has 16 heavy (non-hydrogen) atoms. The van der Waals surface area contributed by atoms with Crippen LogP contribution in [-0.2, 0) is 0 Å². The molecule has 2 unspecified atom stereocenters. The molecule has 0 spiro atoms. The van der Waals surface area contributed by atoms with Crippen LogP contribution in [-0.4, -0.2) is 28.5 Å². The van der Waals surface area contributed by atoms with E-state index in [0.717, 1.165) is 17.5 Å². The van der Waals surface area contributed by atoms with Crippen molar-refractivity contribution in [1.82, 2.24) is 9.88 Å². The van der Waals surface area contributed by atoms with Crippen LogP contribution in [0.4, 0.5) is 0 Å². The van der Waals surface area contributed by atoms with Gasteiger partial charge in [-0.1, -0.05) is 0 Å². The van der Waals surface area contributed by atoms with E-state index < -0.39 is 0 Å². The average molecular weight is 237 g/mol. The molecule has 0 radical (unpaired) electrons. The molecular formula is C12H19N3S. The minimum atomic E-state index is 0.274. The molecule has 2 aliphatic rings. The van der Waals surface area contributed by atoms with E-state index in [0.29, 0.717) is 6.04 Å². The van der Waals surface area contributed by atoms with Crippen molar-refractivity contribution in [2.75, 3.05) is 6.54 Å². The molecule has 2 atom stereocenters. The van der Waals surface area contributed by atoms with E-state index in [2.05, 4.69) is 22.2 Å². The fourth-order valence-electron chi connectivity index (χ4n) is 2.77. The van der Waals surface area contributed by atoms with E-state index in [4.69, 9.17) is 5.73 Å². The maximum atomic E-state index is 6.30. The van der Waals surface area contributed by atoms with E-state index in [1.165, 1.54) is 31.5 Å². The molecule has 1 saturated heterocycles. The third-order valence-corrected chi connectivity index (χ3v) is 4.46. The van der Waals surface area contributed by atoms with Gasteiger partial charge in [-0.15, -0.1) is 11.3 Å². The van der Waals surface area contributed by atoms with Gasteiger partial charge in [-0.05, 0) is 39.2 Å². The fourth-order valence-corrected chi connectivity index (χ4v) is 3.42. The minimum Gasteiger partial charge on any atom is -0.326 e. The Kier molecular flexibility index (Phi) is 2.73. The lowest BCUT2D eigenvalue weighted by molar-refractivity contribution is 0.117.